The Morgan fingerprint density at radius 1 is 1.23 bits per heavy atom. The zero-order chi connectivity index (χ0) is 21.1. The van der Waals surface area contributed by atoms with Crippen LogP contribution in [0.4, 0.5) is 23.1 Å². The summed E-state index contributed by atoms with van der Waals surface area (Å²) in [6, 6.07) is 8.10. The van der Waals surface area contributed by atoms with Crippen molar-refractivity contribution in [1.29, 1.82) is 0 Å². The van der Waals surface area contributed by atoms with E-state index in [4.69, 9.17) is 10.5 Å². The largest absolute Gasteiger partial charge is 0.367 e. The SMILES string of the molecule is CNC(=O)C1CN(c2ccc(Nc3ncc(C(N)=O)c(NC4CC4)n3)cc2)CCO1. The summed E-state index contributed by atoms with van der Waals surface area (Å²) in [5.41, 5.74) is 7.50. The van der Waals surface area contributed by atoms with Crippen LogP contribution in [0.5, 0.6) is 0 Å². The third-order valence-electron chi connectivity index (χ3n) is 5.07. The van der Waals surface area contributed by atoms with E-state index in [-0.39, 0.29) is 11.5 Å². The van der Waals surface area contributed by atoms with Crippen LogP contribution in [-0.4, -0.2) is 60.7 Å². The van der Waals surface area contributed by atoms with Crippen LogP contribution in [0, 0.1) is 0 Å². The van der Waals surface area contributed by atoms with E-state index in [1.54, 1.807) is 7.05 Å². The molecule has 2 aromatic rings. The third kappa shape index (κ3) is 4.60. The molecule has 2 fully saturated rings. The van der Waals surface area contributed by atoms with Gasteiger partial charge in [0.1, 0.15) is 5.82 Å². The number of morpholine rings is 1. The summed E-state index contributed by atoms with van der Waals surface area (Å²) in [5, 5.41) is 8.99. The lowest BCUT2D eigenvalue weighted by atomic mass is 10.2. The Labute approximate surface area is 174 Å². The second-order valence-electron chi connectivity index (χ2n) is 7.33. The lowest BCUT2D eigenvalue weighted by molar-refractivity contribution is -0.132. The van der Waals surface area contributed by atoms with Gasteiger partial charge in [-0.05, 0) is 37.1 Å². The van der Waals surface area contributed by atoms with Gasteiger partial charge in [0.15, 0.2) is 6.10 Å². The Kier molecular flexibility index (Phi) is 5.66. The quantitative estimate of drug-likeness (QED) is 0.527. The Balaban J connectivity index is 1.44. The summed E-state index contributed by atoms with van der Waals surface area (Å²) in [6.07, 6.45) is 3.06. The van der Waals surface area contributed by atoms with E-state index >= 15 is 0 Å². The van der Waals surface area contributed by atoms with Crippen LogP contribution in [0.1, 0.15) is 23.2 Å². The van der Waals surface area contributed by atoms with Crippen molar-refractivity contribution in [3.8, 4) is 0 Å². The summed E-state index contributed by atoms with van der Waals surface area (Å²) in [5.74, 6) is 0.148. The number of amides is 2. The average Bonchev–Trinajstić information content (AvgIpc) is 3.58. The summed E-state index contributed by atoms with van der Waals surface area (Å²) in [7, 11) is 1.61. The highest BCUT2D eigenvalue weighted by Gasteiger charge is 2.26. The first-order valence-electron chi connectivity index (χ1n) is 9.92. The van der Waals surface area contributed by atoms with Crippen molar-refractivity contribution in [2.45, 2.75) is 25.0 Å². The molecule has 1 atom stereocenters. The molecule has 0 radical (unpaired) electrons. The molecule has 4 rings (SSSR count). The summed E-state index contributed by atoms with van der Waals surface area (Å²) in [6.45, 7) is 1.71. The molecule has 1 aromatic carbocycles. The van der Waals surface area contributed by atoms with Gasteiger partial charge in [-0.25, -0.2) is 4.98 Å². The number of aromatic nitrogens is 2. The highest BCUT2D eigenvalue weighted by atomic mass is 16.5. The molecule has 0 bridgehead atoms. The highest BCUT2D eigenvalue weighted by molar-refractivity contribution is 5.97. The predicted octanol–water partition coefficient (Wildman–Crippen LogP) is 0.845. The normalized spacial score (nSPS) is 18.6. The van der Waals surface area contributed by atoms with Gasteiger partial charge in [-0.1, -0.05) is 0 Å². The number of primary amides is 1. The van der Waals surface area contributed by atoms with Gasteiger partial charge in [-0.3, -0.25) is 9.59 Å². The van der Waals surface area contributed by atoms with E-state index < -0.39 is 12.0 Å². The average molecular weight is 411 g/mol. The number of nitrogens with one attached hydrogen (secondary N) is 3. The maximum Gasteiger partial charge on any atom is 0.254 e. The van der Waals surface area contributed by atoms with E-state index in [0.29, 0.717) is 37.5 Å². The second kappa shape index (κ2) is 8.54. The van der Waals surface area contributed by atoms with E-state index in [9.17, 15) is 9.59 Å². The van der Waals surface area contributed by atoms with E-state index in [1.165, 1.54) is 6.20 Å². The number of rotatable bonds is 7. The van der Waals surface area contributed by atoms with E-state index in [0.717, 1.165) is 24.2 Å². The van der Waals surface area contributed by atoms with Gasteiger partial charge < -0.3 is 31.3 Å². The summed E-state index contributed by atoms with van der Waals surface area (Å²) in [4.78, 5) is 34.2. The lowest BCUT2D eigenvalue weighted by Gasteiger charge is -2.33. The molecular weight excluding hydrogens is 386 g/mol. The molecule has 5 N–H and O–H groups in total. The Bertz CT molecular complexity index is 930. The molecule has 1 aliphatic heterocycles. The number of anilines is 4. The van der Waals surface area contributed by atoms with Crippen molar-refractivity contribution in [3.63, 3.8) is 0 Å². The monoisotopic (exact) mass is 411 g/mol. The van der Waals surface area contributed by atoms with Gasteiger partial charge in [-0.2, -0.15) is 4.98 Å². The maximum absolute atomic E-state index is 11.8. The molecule has 1 aliphatic carbocycles. The van der Waals surface area contributed by atoms with Crippen molar-refractivity contribution in [1.82, 2.24) is 15.3 Å². The van der Waals surface area contributed by atoms with Crippen LogP contribution in [-0.2, 0) is 9.53 Å². The molecular formula is C20H25N7O3. The van der Waals surface area contributed by atoms with Crippen LogP contribution < -0.4 is 26.6 Å². The fourth-order valence-corrected chi connectivity index (χ4v) is 3.24. The standard InChI is InChI=1S/C20H25N7O3/c1-22-19(29)16-11-27(8-9-30-16)14-6-4-13(5-7-14)25-20-23-10-15(17(21)28)18(26-20)24-12-2-3-12/h4-7,10,12,16H,2-3,8-9,11H2,1H3,(H2,21,28)(H,22,29)(H2,23,24,25,26). The number of hydrogen-bond donors (Lipinski definition) is 4. The number of carbonyl (C=O) groups is 2. The zero-order valence-corrected chi connectivity index (χ0v) is 16.7. The van der Waals surface area contributed by atoms with Gasteiger partial charge in [0.25, 0.3) is 11.8 Å². The zero-order valence-electron chi connectivity index (χ0n) is 16.7. The van der Waals surface area contributed by atoms with E-state index in [2.05, 4.69) is 30.8 Å². The van der Waals surface area contributed by atoms with Gasteiger partial charge in [0.05, 0.1) is 18.7 Å². The molecule has 10 nitrogen and oxygen atoms in total. The van der Waals surface area contributed by atoms with Crippen molar-refractivity contribution < 1.29 is 14.3 Å². The summed E-state index contributed by atoms with van der Waals surface area (Å²) >= 11 is 0. The summed E-state index contributed by atoms with van der Waals surface area (Å²) < 4.78 is 5.53. The maximum atomic E-state index is 11.8. The van der Waals surface area contributed by atoms with Crippen LogP contribution in [0.25, 0.3) is 0 Å². The van der Waals surface area contributed by atoms with Crippen molar-refractivity contribution >= 4 is 35.0 Å². The highest BCUT2D eigenvalue weighted by Crippen LogP contribution is 2.27. The minimum Gasteiger partial charge on any atom is -0.367 e. The molecule has 2 amide bonds. The van der Waals surface area contributed by atoms with Crippen LogP contribution in [0.2, 0.25) is 0 Å². The molecule has 1 saturated carbocycles. The minimum atomic E-state index is -0.561. The molecule has 2 aliphatic rings. The van der Waals surface area contributed by atoms with Crippen LogP contribution in [0.15, 0.2) is 30.5 Å². The van der Waals surface area contributed by atoms with Crippen molar-refractivity contribution in [2.75, 3.05) is 42.3 Å². The molecule has 1 unspecified atom stereocenters. The molecule has 158 valence electrons. The predicted molar refractivity (Wildman–Crippen MR) is 113 cm³/mol. The van der Waals surface area contributed by atoms with Crippen LogP contribution >= 0.6 is 0 Å². The number of hydrogen-bond acceptors (Lipinski definition) is 8. The second-order valence-corrected chi connectivity index (χ2v) is 7.33. The van der Waals surface area contributed by atoms with E-state index in [1.807, 2.05) is 24.3 Å². The number of likely N-dealkylation sites (N-methyl/N-ethyl adjacent to an activating group) is 1. The Morgan fingerprint density at radius 3 is 2.67 bits per heavy atom. The Morgan fingerprint density at radius 2 is 2.00 bits per heavy atom. The first-order valence-corrected chi connectivity index (χ1v) is 9.92. The molecule has 2 heterocycles. The number of benzene rings is 1. The number of carbonyl (C=O) groups excluding carboxylic acids is 2. The number of nitrogens with zero attached hydrogens (tertiary/aromatic N) is 3. The van der Waals surface area contributed by atoms with Gasteiger partial charge >= 0.3 is 0 Å². The van der Waals surface area contributed by atoms with Gasteiger partial charge in [0.2, 0.25) is 5.95 Å². The van der Waals surface area contributed by atoms with Gasteiger partial charge in [-0.15, -0.1) is 0 Å². The molecule has 10 heteroatoms. The third-order valence-corrected chi connectivity index (χ3v) is 5.07. The Hall–Kier alpha value is -3.40. The first kappa shape index (κ1) is 19.9. The number of nitrogens with two attached hydrogens (primary N) is 1. The number of ether oxygens (including phenoxy) is 1. The minimum absolute atomic E-state index is 0.120. The van der Waals surface area contributed by atoms with Crippen molar-refractivity contribution in [3.05, 3.63) is 36.0 Å². The first-order chi connectivity index (χ1) is 14.5. The van der Waals surface area contributed by atoms with Crippen LogP contribution in [0.3, 0.4) is 0 Å². The molecule has 0 spiro atoms. The van der Waals surface area contributed by atoms with Gasteiger partial charge in [0, 0.05) is 37.2 Å². The molecule has 1 aromatic heterocycles. The molecule has 30 heavy (non-hydrogen) atoms. The fraction of sp³-hybridized carbons (Fsp3) is 0.400. The smallest absolute Gasteiger partial charge is 0.254 e. The van der Waals surface area contributed by atoms with Crippen molar-refractivity contribution in [2.24, 2.45) is 5.73 Å². The topological polar surface area (TPSA) is 134 Å². The lowest BCUT2D eigenvalue weighted by Crippen LogP contribution is -2.49. The molecule has 1 saturated heterocycles. The fourth-order valence-electron chi connectivity index (χ4n) is 3.24.